The molecule has 3 aromatic rings. The summed E-state index contributed by atoms with van der Waals surface area (Å²) in [6, 6.07) is 4.81. The lowest BCUT2D eigenvalue weighted by molar-refractivity contribution is -0.238. The van der Waals surface area contributed by atoms with Crippen molar-refractivity contribution < 1.29 is 63.4 Å². The first-order valence-corrected chi connectivity index (χ1v) is 19.8. The summed E-state index contributed by atoms with van der Waals surface area (Å²) in [5, 5.41) is 50.7. The van der Waals surface area contributed by atoms with Crippen LogP contribution in [0.4, 0.5) is 0 Å². The first kappa shape index (κ1) is 43.8. The number of hydrogen-bond acceptors (Lipinski definition) is 14. The van der Waals surface area contributed by atoms with Gasteiger partial charge in [-0.15, -0.1) is 0 Å². The molecule has 6 N–H and O–H groups in total. The molecule has 8 atom stereocenters. The van der Waals surface area contributed by atoms with Crippen LogP contribution in [0, 0.1) is 5.92 Å². The Labute approximate surface area is 346 Å². The second kappa shape index (κ2) is 17.5. The topological polar surface area (TPSA) is 251 Å². The van der Waals surface area contributed by atoms with Crippen LogP contribution in [0.1, 0.15) is 113 Å². The number of nitrogens with one attached hydrogen (secondary N) is 2. The summed E-state index contributed by atoms with van der Waals surface area (Å²) in [7, 11) is 1.31. The molecule has 3 aliphatic rings. The first-order chi connectivity index (χ1) is 28.5. The maximum Gasteiger partial charge on any atom is 0.252 e. The van der Waals surface area contributed by atoms with E-state index in [1.165, 1.54) is 61.7 Å². The van der Waals surface area contributed by atoms with Crippen molar-refractivity contribution in [2.45, 2.75) is 103 Å². The molecule has 320 valence electrons. The van der Waals surface area contributed by atoms with Crippen molar-refractivity contribution >= 4 is 35.1 Å². The standard InChI is InChI=1S/C43H50N4O13/c1-7-15-47(42(56)21(3)45-41(55)24-11-13-44-14-12-24)22(4)40(54)46-27-16-31(59-23(5)20(27)2)60-29-18-43(57,30(49)19-48)17-26-33(29)39(53)35-34(37(26)51)36(50)25-9-8-10-28(58-6)32(25)38(35)52/h8-14,20-23,27,29,31,48,51,53,57H,7,15-19H2,1-6H3,(H,45,55)(H,46,54)/t20-,21-,22+,23+,27+,29+,31+,43+/m1/s1. The fourth-order valence-corrected chi connectivity index (χ4v) is 8.30. The molecule has 1 fully saturated rings. The number of aliphatic hydroxyl groups excluding tert-OH is 1. The lowest BCUT2D eigenvalue weighted by atomic mass is 9.72. The van der Waals surface area contributed by atoms with Crippen LogP contribution in [-0.2, 0) is 30.3 Å². The molecular formula is C43H50N4O13. The Morgan fingerprint density at radius 1 is 1.02 bits per heavy atom. The number of aromatic hydroxyl groups is 2. The summed E-state index contributed by atoms with van der Waals surface area (Å²) in [6.45, 7) is 7.71. The Balaban J connectivity index is 1.27. The van der Waals surface area contributed by atoms with Crippen molar-refractivity contribution in [3.05, 3.63) is 81.7 Å². The Hall–Kier alpha value is -5.75. The lowest BCUT2D eigenvalue weighted by Crippen LogP contribution is -2.58. The van der Waals surface area contributed by atoms with E-state index in [0.29, 0.717) is 12.0 Å². The van der Waals surface area contributed by atoms with Crippen LogP contribution < -0.4 is 15.4 Å². The molecule has 0 saturated carbocycles. The van der Waals surface area contributed by atoms with Gasteiger partial charge in [-0.1, -0.05) is 26.0 Å². The number of fused-ring (bicyclic) bond motifs is 3. The molecule has 2 aromatic carbocycles. The highest BCUT2D eigenvalue weighted by Gasteiger charge is 2.50. The Morgan fingerprint density at radius 3 is 2.35 bits per heavy atom. The van der Waals surface area contributed by atoms with Gasteiger partial charge in [0.05, 0.1) is 36.0 Å². The summed E-state index contributed by atoms with van der Waals surface area (Å²) < 4.78 is 17.9. The van der Waals surface area contributed by atoms with Gasteiger partial charge in [0.1, 0.15) is 41.5 Å². The zero-order chi connectivity index (χ0) is 43.8. The number of ether oxygens (including phenoxy) is 3. The number of pyridine rings is 1. The number of carbonyl (C=O) groups excluding carboxylic acids is 6. The molecule has 0 radical (unpaired) electrons. The van der Waals surface area contributed by atoms with Crippen molar-refractivity contribution in [2.24, 2.45) is 5.92 Å². The van der Waals surface area contributed by atoms with Gasteiger partial charge >= 0.3 is 0 Å². The van der Waals surface area contributed by atoms with E-state index in [0.717, 1.165) is 0 Å². The van der Waals surface area contributed by atoms with Crippen LogP contribution in [-0.4, -0.2) is 122 Å². The number of amides is 3. The third-order valence-electron chi connectivity index (χ3n) is 11.8. The number of Topliss-reactive ketones (excluding diaryl/α,β-unsaturated/α-hetero) is 1. The monoisotopic (exact) mass is 830 g/mol. The average Bonchev–Trinajstić information content (AvgIpc) is 3.23. The molecule has 2 aliphatic carbocycles. The van der Waals surface area contributed by atoms with Gasteiger partial charge in [0.2, 0.25) is 17.6 Å². The first-order valence-electron chi connectivity index (χ1n) is 19.8. The average molecular weight is 831 g/mol. The van der Waals surface area contributed by atoms with Gasteiger partial charge in [0.15, 0.2) is 17.9 Å². The number of aromatic nitrogens is 1. The molecule has 3 amide bonds. The Morgan fingerprint density at radius 2 is 1.70 bits per heavy atom. The molecule has 2 heterocycles. The van der Waals surface area contributed by atoms with Crippen LogP contribution in [0.5, 0.6) is 17.2 Å². The highest BCUT2D eigenvalue weighted by atomic mass is 16.7. The number of phenols is 2. The third kappa shape index (κ3) is 7.97. The summed E-state index contributed by atoms with van der Waals surface area (Å²) in [5.74, 6) is -5.76. The van der Waals surface area contributed by atoms with Crippen molar-refractivity contribution in [2.75, 3.05) is 20.3 Å². The summed E-state index contributed by atoms with van der Waals surface area (Å²) in [5.41, 5.74) is -3.66. The van der Waals surface area contributed by atoms with E-state index in [1.807, 2.05) is 13.8 Å². The minimum atomic E-state index is -2.34. The number of hydrogen-bond donors (Lipinski definition) is 6. The zero-order valence-electron chi connectivity index (χ0n) is 34.2. The Bertz CT molecular complexity index is 2210. The molecular weight excluding hydrogens is 780 g/mol. The largest absolute Gasteiger partial charge is 0.507 e. The minimum absolute atomic E-state index is 0.00195. The fraction of sp³-hybridized carbons (Fsp3) is 0.465. The molecule has 1 saturated heterocycles. The van der Waals surface area contributed by atoms with E-state index in [4.69, 9.17) is 14.2 Å². The zero-order valence-corrected chi connectivity index (χ0v) is 34.2. The highest BCUT2D eigenvalue weighted by molar-refractivity contribution is 6.31. The number of rotatable bonds is 13. The van der Waals surface area contributed by atoms with Crippen molar-refractivity contribution in [3.8, 4) is 17.2 Å². The fourth-order valence-electron chi connectivity index (χ4n) is 8.30. The molecule has 1 aromatic heterocycles. The smallest absolute Gasteiger partial charge is 0.252 e. The van der Waals surface area contributed by atoms with Gasteiger partial charge in [-0.3, -0.25) is 33.8 Å². The van der Waals surface area contributed by atoms with Gasteiger partial charge in [-0.2, -0.15) is 0 Å². The van der Waals surface area contributed by atoms with E-state index >= 15 is 0 Å². The van der Waals surface area contributed by atoms with Gasteiger partial charge in [-0.05, 0) is 45.4 Å². The summed E-state index contributed by atoms with van der Waals surface area (Å²) in [4.78, 5) is 86.6. The van der Waals surface area contributed by atoms with Crippen LogP contribution in [0.25, 0.3) is 0 Å². The summed E-state index contributed by atoms with van der Waals surface area (Å²) in [6.07, 6.45) is -0.915. The second-order valence-corrected chi connectivity index (χ2v) is 15.6. The number of aliphatic hydroxyl groups is 2. The van der Waals surface area contributed by atoms with Crippen molar-refractivity contribution in [1.29, 1.82) is 0 Å². The normalized spacial score (nSPS) is 24.2. The molecule has 17 heteroatoms. The van der Waals surface area contributed by atoms with E-state index in [2.05, 4.69) is 15.6 Å². The van der Waals surface area contributed by atoms with Crippen molar-refractivity contribution in [3.63, 3.8) is 0 Å². The lowest BCUT2D eigenvalue weighted by Gasteiger charge is -2.43. The van der Waals surface area contributed by atoms with Crippen LogP contribution in [0.3, 0.4) is 0 Å². The number of methoxy groups -OCH3 is 1. The van der Waals surface area contributed by atoms with Crippen LogP contribution in [0.2, 0.25) is 0 Å². The van der Waals surface area contributed by atoms with Crippen LogP contribution >= 0.6 is 0 Å². The maximum absolute atomic E-state index is 14.0. The number of carbonyl (C=O) groups is 6. The van der Waals surface area contributed by atoms with Gasteiger partial charge < -0.3 is 50.2 Å². The number of ketones is 3. The molecule has 1 aliphatic heterocycles. The predicted octanol–water partition coefficient (Wildman–Crippen LogP) is 2.27. The SMILES string of the molecule is CCCN(C(=O)[C@@H](C)NC(=O)c1ccncc1)[C@@H](C)C(=O)N[C@H]1C[C@H](O[C@H]2C[C@](O)(C(=O)CO)Cc3c(O)c4c(c(O)c32)C(=O)c2c(OC)cccc2C4=O)O[C@@H](C)[C@H]1C. The van der Waals surface area contributed by atoms with E-state index < -0.39 is 119 Å². The second-order valence-electron chi connectivity index (χ2n) is 15.6. The third-order valence-corrected chi connectivity index (χ3v) is 11.8. The van der Waals surface area contributed by atoms with Crippen molar-refractivity contribution in [1.82, 2.24) is 20.5 Å². The predicted molar refractivity (Wildman–Crippen MR) is 211 cm³/mol. The number of phenolic OH excluding ortho intramolecular Hbond substituents is 2. The Kier molecular flexibility index (Phi) is 12.8. The molecule has 6 rings (SSSR count). The van der Waals surface area contributed by atoms with E-state index in [1.54, 1.807) is 13.8 Å². The quantitative estimate of drug-likeness (QED) is 0.106. The van der Waals surface area contributed by atoms with E-state index in [-0.39, 0.29) is 46.9 Å². The molecule has 60 heavy (non-hydrogen) atoms. The van der Waals surface area contributed by atoms with Gasteiger partial charge in [-0.25, -0.2) is 0 Å². The maximum atomic E-state index is 14.0. The minimum Gasteiger partial charge on any atom is -0.507 e. The molecule has 0 spiro atoms. The molecule has 0 bridgehead atoms. The van der Waals surface area contributed by atoms with Crippen LogP contribution in [0.15, 0.2) is 42.7 Å². The molecule has 0 unspecified atom stereocenters. The van der Waals surface area contributed by atoms with Gasteiger partial charge in [0, 0.05) is 72.4 Å². The molecule has 17 nitrogen and oxygen atoms in total. The summed E-state index contributed by atoms with van der Waals surface area (Å²) >= 11 is 0. The van der Waals surface area contributed by atoms with E-state index in [9.17, 15) is 49.2 Å². The van der Waals surface area contributed by atoms with Gasteiger partial charge in [0.25, 0.3) is 5.91 Å². The highest BCUT2D eigenvalue weighted by Crippen LogP contribution is 2.52. The number of nitrogens with zero attached hydrogens (tertiary/aromatic N) is 2. The number of benzene rings is 2.